The number of rotatable bonds is 5. The Bertz CT molecular complexity index is 248. The Kier molecular flexibility index (Phi) is 4.63. The molecule has 0 bridgehead atoms. The van der Waals surface area contributed by atoms with Crippen LogP contribution in [0.5, 0.6) is 0 Å². The molecule has 0 saturated carbocycles. The Morgan fingerprint density at radius 3 is 2.50 bits per heavy atom. The van der Waals surface area contributed by atoms with Crippen molar-refractivity contribution in [3.8, 4) is 0 Å². The normalized spacial score (nSPS) is 15.1. The minimum absolute atomic E-state index is 0.125. The molecule has 0 aliphatic heterocycles. The van der Waals surface area contributed by atoms with Crippen LogP contribution < -0.4 is 5.73 Å². The minimum atomic E-state index is 0.125. The third-order valence-electron chi connectivity index (χ3n) is 2.43. The van der Waals surface area contributed by atoms with E-state index >= 15 is 0 Å². The molecule has 1 unspecified atom stereocenters. The van der Waals surface area contributed by atoms with Crippen LogP contribution in [0.15, 0.2) is 30.3 Å². The van der Waals surface area contributed by atoms with Gasteiger partial charge in [-0.1, -0.05) is 37.3 Å². The molecule has 1 aromatic rings. The highest BCUT2D eigenvalue weighted by Gasteiger charge is 2.10. The van der Waals surface area contributed by atoms with Gasteiger partial charge in [0, 0.05) is 6.04 Å². The van der Waals surface area contributed by atoms with E-state index in [0.29, 0.717) is 6.61 Å². The fourth-order valence-electron chi connectivity index (χ4n) is 1.26. The molecule has 78 valence electrons. The summed E-state index contributed by atoms with van der Waals surface area (Å²) >= 11 is 0. The van der Waals surface area contributed by atoms with E-state index < -0.39 is 0 Å². The summed E-state index contributed by atoms with van der Waals surface area (Å²) in [5.41, 5.74) is 7.05. The lowest BCUT2D eigenvalue weighted by Crippen LogP contribution is -2.33. The molecule has 2 heteroatoms. The average molecular weight is 193 g/mol. The maximum absolute atomic E-state index is 5.86. The lowest BCUT2D eigenvalue weighted by Gasteiger charge is -2.18. The smallest absolute Gasteiger partial charge is 0.0721 e. The Morgan fingerprint density at radius 1 is 1.29 bits per heavy atom. The molecule has 1 aromatic carbocycles. The van der Waals surface area contributed by atoms with E-state index in [1.165, 1.54) is 5.56 Å². The third kappa shape index (κ3) is 3.48. The van der Waals surface area contributed by atoms with Crippen LogP contribution in [0.1, 0.15) is 25.8 Å². The first-order chi connectivity index (χ1) is 6.74. The van der Waals surface area contributed by atoms with Crippen molar-refractivity contribution in [2.45, 2.75) is 39.0 Å². The highest BCUT2D eigenvalue weighted by Crippen LogP contribution is 2.06. The van der Waals surface area contributed by atoms with Crippen LogP contribution in [0.2, 0.25) is 0 Å². The number of benzene rings is 1. The fraction of sp³-hybridized carbons (Fsp3) is 0.500. The average Bonchev–Trinajstić information content (AvgIpc) is 2.26. The van der Waals surface area contributed by atoms with Crippen LogP contribution in [-0.4, -0.2) is 12.1 Å². The van der Waals surface area contributed by atoms with Crippen molar-refractivity contribution in [1.29, 1.82) is 0 Å². The van der Waals surface area contributed by atoms with Gasteiger partial charge in [0.2, 0.25) is 0 Å². The van der Waals surface area contributed by atoms with Gasteiger partial charge in [0.05, 0.1) is 12.7 Å². The van der Waals surface area contributed by atoms with Crippen molar-refractivity contribution < 1.29 is 4.74 Å². The van der Waals surface area contributed by atoms with Crippen LogP contribution in [0, 0.1) is 0 Å². The highest BCUT2D eigenvalue weighted by molar-refractivity contribution is 5.13. The second-order valence-electron chi connectivity index (χ2n) is 3.57. The van der Waals surface area contributed by atoms with Crippen molar-refractivity contribution in [3.05, 3.63) is 35.9 Å². The summed E-state index contributed by atoms with van der Waals surface area (Å²) in [5.74, 6) is 0. The topological polar surface area (TPSA) is 35.2 Å². The molecule has 0 heterocycles. The van der Waals surface area contributed by atoms with Gasteiger partial charge in [0.1, 0.15) is 0 Å². The van der Waals surface area contributed by atoms with E-state index in [1.807, 2.05) is 25.1 Å². The summed E-state index contributed by atoms with van der Waals surface area (Å²) in [5, 5.41) is 0. The van der Waals surface area contributed by atoms with E-state index in [4.69, 9.17) is 10.5 Å². The van der Waals surface area contributed by atoms with E-state index in [2.05, 4.69) is 19.1 Å². The van der Waals surface area contributed by atoms with Crippen molar-refractivity contribution in [2.75, 3.05) is 0 Å². The predicted molar refractivity (Wildman–Crippen MR) is 59.0 cm³/mol. The first kappa shape index (κ1) is 11.2. The molecule has 2 N–H and O–H groups in total. The molecular formula is C12H19NO. The van der Waals surface area contributed by atoms with Gasteiger partial charge in [0.15, 0.2) is 0 Å². The van der Waals surface area contributed by atoms with Crippen LogP contribution in [0.3, 0.4) is 0 Å². The Labute approximate surface area is 86.1 Å². The molecule has 1 rings (SSSR count). The van der Waals surface area contributed by atoms with Gasteiger partial charge in [-0.2, -0.15) is 0 Å². The molecule has 0 aromatic heterocycles. The predicted octanol–water partition coefficient (Wildman–Crippen LogP) is 2.33. The van der Waals surface area contributed by atoms with Crippen LogP contribution in [0.4, 0.5) is 0 Å². The van der Waals surface area contributed by atoms with Crippen molar-refractivity contribution in [1.82, 2.24) is 0 Å². The summed E-state index contributed by atoms with van der Waals surface area (Å²) < 4.78 is 5.66. The second kappa shape index (κ2) is 5.78. The van der Waals surface area contributed by atoms with Gasteiger partial charge in [-0.05, 0) is 18.9 Å². The van der Waals surface area contributed by atoms with Gasteiger partial charge < -0.3 is 10.5 Å². The minimum Gasteiger partial charge on any atom is -0.372 e. The number of nitrogens with two attached hydrogens (primary N) is 1. The second-order valence-corrected chi connectivity index (χ2v) is 3.57. The number of hydrogen-bond acceptors (Lipinski definition) is 2. The highest BCUT2D eigenvalue weighted by atomic mass is 16.5. The van der Waals surface area contributed by atoms with E-state index in [0.717, 1.165) is 6.42 Å². The largest absolute Gasteiger partial charge is 0.372 e. The van der Waals surface area contributed by atoms with E-state index in [1.54, 1.807) is 0 Å². The summed E-state index contributed by atoms with van der Waals surface area (Å²) in [6, 6.07) is 10.3. The molecule has 0 saturated heterocycles. The third-order valence-corrected chi connectivity index (χ3v) is 2.43. The zero-order chi connectivity index (χ0) is 10.4. The molecular weight excluding hydrogens is 174 g/mol. The van der Waals surface area contributed by atoms with Gasteiger partial charge in [-0.25, -0.2) is 0 Å². The fourth-order valence-corrected chi connectivity index (χ4v) is 1.26. The summed E-state index contributed by atoms with van der Waals surface area (Å²) in [4.78, 5) is 0. The first-order valence-electron chi connectivity index (χ1n) is 5.15. The molecule has 0 amide bonds. The van der Waals surface area contributed by atoms with Crippen LogP contribution >= 0.6 is 0 Å². The molecule has 2 atom stereocenters. The van der Waals surface area contributed by atoms with Crippen molar-refractivity contribution in [3.63, 3.8) is 0 Å². The summed E-state index contributed by atoms with van der Waals surface area (Å²) in [6.45, 7) is 4.75. The molecule has 0 aliphatic rings. The van der Waals surface area contributed by atoms with Crippen molar-refractivity contribution >= 4 is 0 Å². The summed E-state index contributed by atoms with van der Waals surface area (Å²) in [6.07, 6.45) is 1.08. The SMILES string of the molecule is CCC(N)[C@@H](C)OCc1ccccc1. The Hall–Kier alpha value is -0.860. The van der Waals surface area contributed by atoms with Gasteiger partial charge >= 0.3 is 0 Å². The molecule has 0 fully saturated rings. The van der Waals surface area contributed by atoms with Gasteiger partial charge in [-0.3, -0.25) is 0 Å². The van der Waals surface area contributed by atoms with E-state index in [-0.39, 0.29) is 12.1 Å². The standard InChI is InChI=1S/C12H19NO/c1-3-12(13)10(2)14-9-11-7-5-4-6-8-11/h4-8,10,12H,3,9,13H2,1-2H3/t10-,12?/m1/s1. The zero-order valence-electron chi connectivity index (χ0n) is 8.94. The van der Waals surface area contributed by atoms with Gasteiger partial charge in [0.25, 0.3) is 0 Å². The van der Waals surface area contributed by atoms with Crippen LogP contribution in [0.25, 0.3) is 0 Å². The first-order valence-corrected chi connectivity index (χ1v) is 5.15. The number of ether oxygens (including phenoxy) is 1. The lowest BCUT2D eigenvalue weighted by molar-refractivity contribution is 0.0353. The quantitative estimate of drug-likeness (QED) is 0.779. The maximum Gasteiger partial charge on any atom is 0.0721 e. The Morgan fingerprint density at radius 2 is 1.93 bits per heavy atom. The molecule has 14 heavy (non-hydrogen) atoms. The molecule has 0 spiro atoms. The van der Waals surface area contributed by atoms with Crippen LogP contribution in [-0.2, 0) is 11.3 Å². The summed E-state index contributed by atoms with van der Waals surface area (Å²) in [7, 11) is 0. The molecule has 2 nitrogen and oxygen atoms in total. The molecule has 0 aliphatic carbocycles. The monoisotopic (exact) mass is 193 g/mol. The van der Waals surface area contributed by atoms with Crippen molar-refractivity contribution in [2.24, 2.45) is 5.73 Å². The van der Waals surface area contributed by atoms with Gasteiger partial charge in [-0.15, -0.1) is 0 Å². The lowest BCUT2D eigenvalue weighted by atomic mass is 10.1. The molecule has 0 radical (unpaired) electrons. The van der Waals surface area contributed by atoms with E-state index in [9.17, 15) is 0 Å². The number of hydrogen-bond donors (Lipinski definition) is 1. The maximum atomic E-state index is 5.86. The Balaban J connectivity index is 2.34. The zero-order valence-corrected chi connectivity index (χ0v) is 8.94.